The van der Waals surface area contributed by atoms with E-state index < -0.39 is 0 Å². The minimum Gasteiger partial charge on any atom is -0.352 e. The zero-order chi connectivity index (χ0) is 22.1. The fraction of sp³-hybridized carbons (Fsp3) is 0.458. The average molecular weight is 425 g/mol. The highest BCUT2D eigenvalue weighted by atomic mass is 19.1. The minimum absolute atomic E-state index is 0.0809. The molecule has 2 heterocycles. The van der Waals surface area contributed by atoms with E-state index in [1.165, 1.54) is 16.8 Å². The standard InChI is InChI=1S/C24H29FN4O2/c1-15-4-10-20(11-5-15)27-22(30)14-29-24(31)23-17(3)28(16(2)21(23)12-26-29)13-18-6-8-19(25)9-7-18/h6-9,12,15,20H,4-5,10-11,13-14H2,1-3H3,(H,27,30). The van der Waals surface area contributed by atoms with Crippen LogP contribution in [0.5, 0.6) is 0 Å². The molecule has 2 aromatic heterocycles. The fourth-order valence-corrected chi connectivity index (χ4v) is 4.58. The average Bonchev–Trinajstić information content (AvgIpc) is 2.98. The predicted octanol–water partition coefficient (Wildman–Crippen LogP) is 3.70. The molecule has 1 saturated carbocycles. The van der Waals surface area contributed by atoms with Crippen molar-refractivity contribution in [3.05, 3.63) is 63.6 Å². The van der Waals surface area contributed by atoms with Crippen LogP contribution in [-0.4, -0.2) is 26.3 Å². The maximum Gasteiger partial charge on any atom is 0.276 e. The number of amides is 1. The van der Waals surface area contributed by atoms with E-state index in [-0.39, 0.29) is 29.9 Å². The highest BCUT2D eigenvalue weighted by Crippen LogP contribution is 2.24. The van der Waals surface area contributed by atoms with Gasteiger partial charge in [0.25, 0.3) is 5.56 Å². The van der Waals surface area contributed by atoms with Gasteiger partial charge in [0.2, 0.25) is 5.91 Å². The second-order valence-electron chi connectivity index (χ2n) is 8.80. The van der Waals surface area contributed by atoms with E-state index in [9.17, 15) is 14.0 Å². The Morgan fingerprint density at radius 1 is 1.13 bits per heavy atom. The number of nitrogens with one attached hydrogen (secondary N) is 1. The summed E-state index contributed by atoms with van der Waals surface area (Å²) in [5.74, 6) is 0.265. The molecule has 3 aromatic rings. The lowest BCUT2D eigenvalue weighted by Gasteiger charge is -2.26. The highest BCUT2D eigenvalue weighted by molar-refractivity contribution is 5.87. The summed E-state index contributed by atoms with van der Waals surface area (Å²) in [6, 6.07) is 6.54. The van der Waals surface area contributed by atoms with Crippen molar-refractivity contribution in [2.45, 2.75) is 65.6 Å². The molecule has 0 saturated heterocycles. The van der Waals surface area contributed by atoms with Crippen LogP contribution >= 0.6 is 0 Å². The molecule has 0 atom stereocenters. The first-order valence-corrected chi connectivity index (χ1v) is 10.9. The maximum atomic E-state index is 13.2. The van der Waals surface area contributed by atoms with Crippen molar-refractivity contribution in [1.29, 1.82) is 0 Å². The van der Waals surface area contributed by atoms with Crippen LogP contribution in [0, 0.1) is 25.6 Å². The molecular weight excluding hydrogens is 395 g/mol. The summed E-state index contributed by atoms with van der Waals surface area (Å²) in [4.78, 5) is 25.7. The third-order valence-corrected chi connectivity index (χ3v) is 6.53. The Bertz CT molecular complexity index is 1160. The van der Waals surface area contributed by atoms with E-state index in [2.05, 4.69) is 17.3 Å². The van der Waals surface area contributed by atoms with Crippen LogP contribution in [0.2, 0.25) is 0 Å². The Hall–Kier alpha value is -2.96. The number of benzene rings is 1. The molecule has 6 nitrogen and oxygen atoms in total. The molecule has 1 aliphatic rings. The van der Waals surface area contributed by atoms with Gasteiger partial charge in [0.1, 0.15) is 12.4 Å². The van der Waals surface area contributed by atoms with Crippen LogP contribution in [0.4, 0.5) is 4.39 Å². The second kappa shape index (κ2) is 8.65. The van der Waals surface area contributed by atoms with Gasteiger partial charge in [-0.3, -0.25) is 9.59 Å². The van der Waals surface area contributed by atoms with Crippen molar-refractivity contribution in [2.24, 2.45) is 5.92 Å². The van der Waals surface area contributed by atoms with Gasteiger partial charge in [-0.2, -0.15) is 5.10 Å². The number of aryl methyl sites for hydroxylation is 2. The van der Waals surface area contributed by atoms with Gasteiger partial charge >= 0.3 is 0 Å². The molecule has 1 amide bonds. The van der Waals surface area contributed by atoms with Gasteiger partial charge in [-0.15, -0.1) is 0 Å². The van der Waals surface area contributed by atoms with Crippen molar-refractivity contribution >= 4 is 16.7 Å². The summed E-state index contributed by atoms with van der Waals surface area (Å²) < 4.78 is 16.5. The molecule has 1 N–H and O–H groups in total. The number of hydrogen-bond acceptors (Lipinski definition) is 3. The minimum atomic E-state index is -0.275. The lowest BCUT2D eigenvalue weighted by Crippen LogP contribution is -2.41. The second-order valence-corrected chi connectivity index (χ2v) is 8.80. The van der Waals surface area contributed by atoms with Crippen molar-refractivity contribution in [3.8, 4) is 0 Å². The Morgan fingerprint density at radius 3 is 2.48 bits per heavy atom. The third kappa shape index (κ3) is 4.40. The largest absolute Gasteiger partial charge is 0.352 e. The van der Waals surface area contributed by atoms with Crippen LogP contribution < -0.4 is 10.9 Å². The number of fused-ring (bicyclic) bond motifs is 1. The lowest BCUT2D eigenvalue weighted by atomic mass is 9.87. The van der Waals surface area contributed by atoms with Crippen LogP contribution in [0.25, 0.3) is 10.8 Å². The van der Waals surface area contributed by atoms with Crippen LogP contribution in [-0.2, 0) is 17.9 Å². The lowest BCUT2D eigenvalue weighted by molar-refractivity contribution is -0.122. The summed E-state index contributed by atoms with van der Waals surface area (Å²) in [5.41, 5.74) is 2.43. The van der Waals surface area contributed by atoms with Crippen molar-refractivity contribution in [3.63, 3.8) is 0 Å². The molecule has 7 heteroatoms. The molecule has 164 valence electrons. The third-order valence-electron chi connectivity index (χ3n) is 6.53. The molecule has 1 aliphatic carbocycles. The number of hydrogen-bond donors (Lipinski definition) is 1. The van der Waals surface area contributed by atoms with Gasteiger partial charge in [0, 0.05) is 29.4 Å². The van der Waals surface area contributed by atoms with Gasteiger partial charge < -0.3 is 9.88 Å². The topological polar surface area (TPSA) is 68.9 Å². The number of nitrogens with zero attached hydrogens (tertiary/aromatic N) is 3. The molecule has 1 fully saturated rings. The maximum absolute atomic E-state index is 13.2. The Balaban J connectivity index is 1.57. The van der Waals surface area contributed by atoms with E-state index in [4.69, 9.17) is 0 Å². The number of halogens is 1. The Kier molecular flexibility index (Phi) is 5.94. The molecular formula is C24H29FN4O2. The molecule has 1 aromatic carbocycles. The Labute approximate surface area is 181 Å². The number of rotatable bonds is 5. The zero-order valence-electron chi connectivity index (χ0n) is 18.3. The smallest absolute Gasteiger partial charge is 0.276 e. The summed E-state index contributed by atoms with van der Waals surface area (Å²) in [7, 11) is 0. The first-order valence-electron chi connectivity index (χ1n) is 10.9. The first kappa shape index (κ1) is 21.3. The van der Waals surface area contributed by atoms with E-state index in [0.29, 0.717) is 17.8 Å². The van der Waals surface area contributed by atoms with Gasteiger partial charge in [-0.05, 0) is 63.1 Å². The van der Waals surface area contributed by atoms with E-state index in [1.807, 2.05) is 18.4 Å². The van der Waals surface area contributed by atoms with Crippen molar-refractivity contribution in [1.82, 2.24) is 19.7 Å². The zero-order valence-corrected chi connectivity index (χ0v) is 18.3. The fourth-order valence-electron chi connectivity index (χ4n) is 4.58. The highest BCUT2D eigenvalue weighted by Gasteiger charge is 2.21. The normalized spacial score (nSPS) is 19.0. The molecule has 31 heavy (non-hydrogen) atoms. The summed E-state index contributed by atoms with van der Waals surface area (Å²) in [5, 5.41) is 8.68. The van der Waals surface area contributed by atoms with Crippen LogP contribution in [0.3, 0.4) is 0 Å². The Morgan fingerprint density at radius 2 is 1.81 bits per heavy atom. The molecule has 4 rings (SSSR count). The summed E-state index contributed by atoms with van der Waals surface area (Å²) in [6.07, 6.45) is 5.87. The van der Waals surface area contributed by atoms with Gasteiger partial charge in [-0.1, -0.05) is 19.1 Å². The van der Waals surface area contributed by atoms with Gasteiger partial charge in [-0.25, -0.2) is 9.07 Å². The molecule has 0 radical (unpaired) electrons. The number of carbonyl (C=O) groups is 1. The monoisotopic (exact) mass is 424 g/mol. The summed E-state index contributed by atoms with van der Waals surface area (Å²) in [6.45, 7) is 6.54. The molecule has 0 aliphatic heterocycles. The molecule has 0 unspecified atom stereocenters. The van der Waals surface area contributed by atoms with E-state index >= 15 is 0 Å². The van der Waals surface area contributed by atoms with Crippen LogP contribution in [0.15, 0.2) is 35.3 Å². The van der Waals surface area contributed by atoms with Crippen molar-refractivity contribution in [2.75, 3.05) is 0 Å². The SMILES string of the molecule is Cc1c2cnn(CC(=O)NC3CCC(C)CC3)c(=O)c2c(C)n1Cc1ccc(F)cc1. The molecule has 0 spiro atoms. The number of aromatic nitrogens is 3. The quantitative estimate of drug-likeness (QED) is 0.679. The van der Waals surface area contributed by atoms with Crippen LogP contribution in [0.1, 0.15) is 49.6 Å². The first-order chi connectivity index (χ1) is 14.8. The summed E-state index contributed by atoms with van der Waals surface area (Å²) >= 11 is 0. The van der Waals surface area contributed by atoms with Gasteiger partial charge in [0.05, 0.1) is 11.6 Å². The van der Waals surface area contributed by atoms with E-state index in [1.54, 1.807) is 18.3 Å². The van der Waals surface area contributed by atoms with Crippen molar-refractivity contribution < 1.29 is 9.18 Å². The molecule has 0 bridgehead atoms. The number of carbonyl (C=O) groups excluding carboxylic acids is 1. The van der Waals surface area contributed by atoms with Gasteiger partial charge in [0.15, 0.2) is 0 Å². The predicted molar refractivity (Wildman–Crippen MR) is 119 cm³/mol. The van der Waals surface area contributed by atoms with E-state index in [0.717, 1.165) is 48.0 Å².